The minimum Gasteiger partial charge on any atom is -0.317 e. The van der Waals surface area contributed by atoms with Crippen molar-refractivity contribution in [3.8, 4) is 0 Å². The first-order chi connectivity index (χ1) is 4.21. The lowest BCUT2D eigenvalue weighted by molar-refractivity contribution is 0.170. The molecule has 1 aliphatic rings. The van der Waals surface area contributed by atoms with Crippen LogP contribution in [-0.2, 0) is 0 Å². The third-order valence-electron chi connectivity index (χ3n) is 1.87. The summed E-state index contributed by atoms with van der Waals surface area (Å²) < 4.78 is 13.1. The van der Waals surface area contributed by atoms with Crippen LogP contribution >= 0.6 is 12.4 Å². The van der Waals surface area contributed by atoms with Gasteiger partial charge in [0.2, 0.25) is 0 Å². The van der Waals surface area contributed by atoms with Crippen LogP contribution in [-0.4, -0.2) is 18.8 Å². The minimum atomic E-state index is -0.899. The van der Waals surface area contributed by atoms with E-state index < -0.39 is 5.67 Å². The molecule has 10 heavy (non-hydrogen) atoms. The van der Waals surface area contributed by atoms with E-state index in [1.165, 1.54) is 0 Å². The Labute approximate surface area is 67.8 Å². The maximum atomic E-state index is 13.1. The molecule has 0 aromatic carbocycles. The second-order valence-corrected chi connectivity index (χ2v) is 3.02. The van der Waals surface area contributed by atoms with Gasteiger partial charge in [0.05, 0.1) is 0 Å². The first-order valence-electron chi connectivity index (χ1n) is 3.60. The van der Waals surface area contributed by atoms with Crippen LogP contribution in [0.25, 0.3) is 0 Å². The van der Waals surface area contributed by atoms with Crippen LogP contribution in [0, 0.1) is 0 Å². The molecule has 0 aromatic rings. The summed E-state index contributed by atoms with van der Waals surface area (Å²) in [7, 11) is 0. The van der Waals surface area contributed by atoms with Crippen LogP contribution in [0.5, 0.6) is 0 Å². The van der Waals surface area contributed by atoms with Crippen LogP contribution in [0.3, 0.4) is 0 Å². The largest absolute Gasteiger partial charge is 0.317 e. The van der Waals surface area contributed by atoms with Crippen molar-refractivity contribution in [1.29, 1.82) is 0 Å². The second-order valence-electron chi connectivity index (χ2n) is 3.02. The Morgan fingerprint density at radius 1 is 1.30 bits per heavy atom. The van der Waals surface area contributed by atoms with Gasteiger partial charge in [0.15, 0.2) is 0 Å². The summed E-state index contributed by atoms with van der Waals surface area (Å²) in [5, 5.41) is 3.16. The Bertz CT molecular complexity index is 85.6. The molecule has 1 N–H and O–H groups in total. The van der Waals surface area contributed by atoms with E-state index in [1.807, 2.05) is 0 Å². The molecule has 0 amide bonds. The van der Waals surface area contributed by atoms with Crippen molar-refractivity contribution >= 4 is 12.4 Å². The molecule has 0 saturated carbocycles. The molecular weight excluding hydrogens is 153 g/mol. The van der Waals surface area contributed by atoms with Gasteiger partial charge in [0.1, 0.15) is 5.67 Å². The quantitative estimate of drug-likeness (QED) is 0.581. The van der Waals surface area contributed by atoms with Crippen molar-refractivity contribution in [3.63, 3.8) is 0 Å². The number of hydrogen-bond donors (Lipinski definition) is 1. The molecule has 1 unspecified atom stereocenters. The van der Waals surface area contributed by atoms with Gasteiger partial charge in [-0.05, 0) is 39.3 Å². The van der Waals surface area contributed by atoms with Crippen LogP contribution in [0.1, 0.15) is 26.2 Å². The summed E-state index contributed by atoms with van der Waals surface area (Å²) in [5.74, 6) is 0. The molecule has 1 heterocycles. The van der Waals surface area contributed by atoms with Gasteiger partial charge in [-0.1, -0.05) is 0 Å². The van der Waals surface area contributed by atoms with E-state index in [1.54, 1.807) is 6.92 Å². The van der Waals surface area contributed by atoms with Gasteiger partial charge in [-0.25, -0.2) is 4.39 Å². The molecule has 0 radical (unpaired) electrons. The van der Waals surface area contributed by atoms with Crippen LogP contribution < -0.4 is 5.32 Å². The Kier molecular flexibility index (Phi) is 4.22. The van der Waals surface area contributed by atoms with Crippen molar-refractivity contribution in [2.75, 3.05) is 13.1 Å². The Hall–Kier alpha value is 0.180. The number of alkyl halides is 1. The Balaban J connectivity index is 0.000000810. The topological polar surface area (TPSA) is 12.0 Å². The van der Waals surface area contributed by atoms with E-state index in [-0.39, 0.29) is 12.4 Å². The molecule has 0 spiro atoms. The summed E-state index contributed by atoms with van der Waals surface area (Å²) >= 11 is 0. The van der Waals surface area contributed by atoms with Gasteiger partial charge in [-0.15, -0.1) is 12.4 Å². The predicted octanol–water partition coefficient (Wildman–Crippen LogP) is 1.91. The van der Waals surface area contributed by atoms with Crippen LogP contribution in [0.15, 0.2) is 0 Å². The first kappa shape index (κ1) is 10.2. The number of hydrogen-bond acceptors (Lipinski definition) is 1. The average molecular weight is 168 g/mol. The third-order valence-corrected chi connectivity index (χ3v) is 1.87. The SMILES string of the molecule is CC1(F)CCCNCC1.Cl. The van der Waals surface area contributed by atoms with Gasteiger partial charge in [-0.3, -0.25) is 0 Å². The molecule has 0 aromatic heterocycles. The van der Waals surface area contributed by atoms with Gasteiger partial charge in [0.25, 0.3) is 0 Å². The molecule has 0 bridgehead atoms. The lowest BCUT2D eigenvalue weighted by Crippen LogP contribution is -2.20. The maximum Gasteiger partial charge on any atom is 0.109 e. The molecule has 3 heteroatoms. The van der Waals surface area contributed by atoms with Crippen molar-refractivity contribution in [2.24, 2.45) is 0 Å². The van der Waals surface area contributed by atoms with Gasteiger partial charge < -0.3 is 5.32 Å². The number of nitrogens with one attached hydrogen (secondary N) is 1. The summed E-state index contributed by atoms with van der Waals surface area (Å²) in [6.07, 6.45) is 2.38. The smallest absolute Gasteiger partial charge is 0.109 e. The molecule has 1 saturated heterocycles. The van der Waals surface area contributed by atoms with Crippen molar-refractivity contribution in [3.05, 3.63) is 0 Å². The molecule has 0 aliphatic carbocycles. The third kappa shape index (κ3) is 3.37. The monoisotopic (exact) mass is 167 g/mol. The fourth-order valence-corrected chi connectivity index (χ4v) is 1.18. The van der Waals surface area contributed by atoms with Crippen LogP contribution in [0.2, 0.25) is 0 Å². The molecule has 1 fully saturated rings. The zero-order valence-electron chi connectivity index (χ0n) is 6.32. The van der Waals surface area contributed by atoms with Gasteiger partial charge >= 0.3 is 0 Å². The van der Waals surface area contributed by atoms with Crippen LogP contribution in [0.4, 0.5) is 4.39 Å². The lowest BCUT2D eigenvalue weighted by Gasteiger charge is -2.15. The molecule has 1 nitrogen and oxygen atoms in total. The summed E-state index contributed by atoms with van der Waals surface area (Å²) in [5.41, 5.74) is -0.899. The molecule has 62 valence electrons. The molecule has 1 rings (SSSR count). The first-order valence-corrected chi connectivity index (χ1v) is 3.60. The van der Waals surface area contributed by atoms with Gasteiger partial charge in [0, 0.05) is 0 Å². The number of rotatable bonds is 0. The summed E-state index contributed by atoms with van der Waals surface area (Å²) in [4.78, 5) is 0. The fourth-order valence-electron chi connectivity index (χ4n) is 1.18. The van der Waals surface area contributed by atoms with E-state index >= 15 is 0 Å². The van der Waals surface area contributed by atoms with E-state index in [2.05, 4.69) is 5.32 Å². The standard InChI is InChI=1S/C7H14FN.ClH/c1-7(8)3-2-5-9-6-4-7;/h9H,2-6H2,1H3;1H. The highest BCUT2D eigenvalue weighted by Gasteiger charge is 2.23. The van der Waals surface area contributed by atoms with Gasteiger partial charge in [-0.2, -0.15) is 0 Å². The minimum absolute atomic E-state index is 0. The number of halogens is 2. The zero-order chi connectivity index (χ0) is 6.74. The Morgan fingerprint density at radius 3 is 2.70 bits per heavy atom. The normalized spacial score (nSPS) is 34.2. The van der Waals surface area contributed by atoms with Crippen molar-refractivity contribution < 1.29 is 4.39 Å². The van der Waals surface area contributed by atoms with E-state index in [0.29, 0.717) is 6.42 Å². The lowest BCUT2D eigenvalue weighted by atomic mass is 10.0. The maximum absolute atomic E-state index is 13.1. The molecule has 1 aliphatic heterocycles. The fraction of sp³-hybridized carbons (Fsp3) is 1.00. The summed E-state index contributed by atoms with van der Waals surface area (Å²) in [6.45, 7) is 3.52. The zero-order valence-corrected chi connectivity index (χ0v) is 7.14. The van der Waals surface area contributed by atoms with Crippen molar-refractivity contribution in [1.82, 2.24) is 5.32 Å². The second kappa shape index (κ2) is 4.14. The molecule has 1 atom stereocenters. The van der Waals surface area contributed by atoms with E-state index in [9.17, 15) is 4.39 Å². The Morgan fingerprint density at radius 2 is 2.00 bits per heavy atom. The highest BCUT2D eigenvalue weighted by Crippen LogP contribution is 2.22. The summed E-state index contributed by atoms with van der Waals surface area (Å²) in [6, 6.07) is 0. The van der Waals surface area contributed by atoms with Crippen molar-refractivity contribution in [2.45, 2.75) is 31.9 Å². The highest BCUT2D eigenvalue weighted by molar-refractivity contribution is 5.85. The average Bonchev–Trinajstić information content (AvgIpc) is 1.92. The van der Waals surface area contributed by atoms with E-state index in [4.69, 9.17) is 0 Å². The highest BCUT2D eigenvalue weighted by atomic mass is 35.5. The van der Waals surface area contributed by atoms with E-state index in [0.717, 1.165) is 25.9 Å². The predicted molar refractivity (Wildman–Crippen MR) is 43.5 cm³/mol. The molecular formula is C7H15ClFN.